The van der Waals surface area contributed by atoms with Gasteiger partial charge in [0.1, 0.15) is 0 Å². The molecule has 0 aliphatic rings. The molecule has 0 nitrogen and oxygen atoms in total. The summed E-state index contributed by atoms with van der Waals surface area (Å²) >= 11 is 5.99. The summed E-state index contributed by atoms with van der Waals surface area (Å²) in [6, 6.07) is 0. The first-order chi connectivity index (χ1) is 2.94. The molecule has 0 spiro atoms. The number of rotatable bonds is 1. The van der Waals surface area contributed by atoms with Crippen LogP contribution in [0.15, 0.2) is 0 Å². The van der Waals surface area contributed by atoms with E-state index >= 15 is 0 Å². The van der Waals surface area contributed by atoms with Crippen molar-refractivity contribution in [3.63, 3.8) is 0 Å². The van der Waals surface area contributed by atoms with E-state index in [2.05, 4.69) is 11.6 Å². The molecule has 0 radical (unpaired) electrons. The highest BCUT2D eigenvalue weighted by molar-refractivity contribution is 9.10. The molecule has 0 bridgehead atoms. The fourth-order valence-corrected chi connectivity index (χ4v) is 0. The molecule has 0 aromatic rings. The van der Waals surface area contributed by atoms with E-state index in [-0.39, 0.29) is 0 Å². The first kappa shape index (κ1) is 7.56. The van der Waals surface area contributed by atoms with Crippen molar-refractivity contribution >= 4 is 27.5 Å². The molecule has 0 N–H and O–H groups in total. The summed E-state index contributed by atoms with van der Waals surface area (Å²) < 4.78 is 33.7. The van der Waals surface area contributed by atoms with Gasteiger partial charge in [0.15, 0.2) is 0 Å². The molecule has 0 aliphatic heterocycles. The Hall–Kier alpha value is 0.560. The molecule has 0 saturated carbocycles. The number of halogens is 5. The summed E-state index contributed by atoms with van der Waals surface area (Å²) in [6.07, 6.45) is 0. The fraction of sp³-hybridized carbons (Fsp3) is 1.00. The molecule has 0 saturated heterocycles. The second kappa shape index (κ2) is 2.22. The predicted molar refractivity (Wildman–Crippen MR) is 24.6 cm³/mol. The van der Waals surface area contributed by atoms with Gasteiger partial charge in [-0.15, -0.1) is 0 Å². The van der Waals surface area contributed by atoms with Gasteiger partial charge in [0.25, 0.3) is 0 Å². The average molecular weight is 197 g/mol. The lowest BCUT2D eigenvalue weighted by Gasteiger charge is -2.04. The Bertz CT molecular complexity index is 58.4. The molecule has 0 amide bonds. The average Bonchev–Trinajstić information content (AvgIpc) is 1.31. The largest absolute Gasteiger partial charge is 0.345 e. The minimum Gasteiger partial charge on any atom is -0.222 e. The van der Waals surface area contributed by atoms with Gasteiger partial charge in [0.05, 0.1) is 0 Å². The summed E-state index contributed by atoms with van der Waals surface area (Å²) in [7, 11) is 0. The fourth-order valence-electron chi connectivity index (χ4n) is 0. The van der Waals surface area contributed by atoms with Crippen LogP contribution in [0, 0.1) is 0 Å². The SMILES string of the molecule is FC(Cl)C(F)(F)Br. The van der Waals surface area contributed by atoms with Gasteiger partial charge in [-0.2, -0.15) is 8.78 Å². The number of hydrogen-bond donors (Lipinski definition) is 0. The Morgan fingerprint density at radius 2 is 1.71 bits per heavy atom. The molecular formula is C2HBrClF3. The van der Waals surface area contributed by atoms with E-state index in [0.29, 0.717) is 0 Å². The van der Waals surface area contributed by atoms with Crippen molar-refractivity contribution < 1.29 is 13.2 Å². The molecule has 44 valence electrons. The molecule has 0 rings (SSSR count). The van der Waals surface area contributed by atoms with Gasteiger partial charge in [0, 0.05) is 0 Å². The quantitative estimate of drug-likeness (QED) is 0.567. The second-order valence-electron chi connectivity index (χ2n) is 0.842. The van der Waals surface area contributed by atoms with Crippen LogP contribution in [0.5, 0.6) is 0 Å². The summed E-state index contributed by atoms with van der Waals surface area (Å²) in [5.41, 5.74) is -2.65. The Labute approximate surface area is 51.8 Å². The van der Waals surface area contributed by atoms with Crippen molar-refractivity contribution in [1.82, 2.24) is 0 Å². The van der Waals surface area contributed by atoms with Crippen LogP contribution in [-0.2, 0) is 0 Å². The van der Waals surface area contributed by atoms with Gasteiger partial charge >= 0.3 is 4.83 Å². The van der Waals surface area contributed by atoms with E-state index < -0.39 is 10.5 Å². The highest BCUT2D eigenvalue weighted by Gasteiger charge is 2.34. The van der Waals surface area contributed by atoms with E-state index in [1.807, 2.05) is 0 Å². The Morgan fingerprint density at radius 3 is 1.71 bits per heavy atom. The molecule has 0 heterocycles. The van der Waals surface area contributed by atoms with E-state index in [4.69, 9.17) is 0 Å². The molecule has 1 atom stereocenters. The standard InChI is InChI=1S/C2HBrClF3/c3-2(6,7)1(4)5/h1H. The van der Waals surface area contributed by atoms with Crippen molar-refractivity contribution in [1.29, 1.82) is 0 Å². The third-order valence-electron chi connectivity index (χ3n) is 0.247. The van der Waals surface area contributed by atoms with Crippen LogP contribution in [0.3, 0.4) is 0 Å². The first-order valence-corrected chi connectivity index (χ1v) is 2.52. The van der Waals surface area contributed by atoms with Crippen molar-refractivity contribution in [2.45, 2.75) is 10.5 Å². The van der Waals surface area contributed by atoms with Crippen LogP contribution in [0.2, 0.25) is 0 Å². The van der Waals surface area contributed by atoms with Crippen LogP contribution in [-0.4, -0.2) is 10.5 Å². The molecular weight excluding hydrogens is 196 g/mol. The van der Waals surface area contributed by atoms with Crippen molar-refractivity contribution in [3.05, 3.63) is 0 Å². The summed E-state index contributed by atoms with van der Waals surface area (Å²) in [4.78, 5) is -3.59. The maximum Gasteiger partial charge on any atom is 0.345 e. The normalized spacial score (nSPS) is 16.7. The lowest BCUT2D eigenvalue weighted by molar-refractivity contribution is 0.0616. The molecule has 0 fully saturated rings. The summed E-state index contributed by atoms with van der Waals surface area (Å²) in [5, 5.41) is 0. The van der Waals surface area contributed by atoms with Gasteiger partial charge in [0.2, 0.25) is 5.63 Å². The smallest absolute Gasteiger partial charge is 0.222 e. The van der Waals surface area contributed by atoms with Crippen LogP contribution in [0.1, 0.15) is 0 Å². The third kappa shape index (κ3) is 3.17. The Balaban J connectivity index is 3.54. The zero-order valence-electron chi connectivity index (χ0n) is 2.97. The maximum absolute atomic E-state index is 11.3. The third-order valence-corrected chi connectivity index (χ3v) is 1.19. The molecule has 7 heavy (non-hydrogen) atoms. The molecule has 0 aromatic carbocycles. The maximum atomic E-state index is 11.3. The van der Waals surface area contributed by atoms with Crippen LogP contribution in [0.25, 0.3) is 0 Å². The van der Waals surface area contributed by atoms with E-state index in [0.717, 1.165) is 0 Å². The van der Waals surface area contributed by atoms with Crippen molar-refractivity contribution in [2.75, 3.05) is 0 Å². The Kier molecular flexibility index (Phi) is 2.40. The van der Waals surface area contributed by atoms with Crippen molar-refractivity contribution in [2.24, 2.45) is 0 Å². The van der Waals surface area contributed by atoms with Gasteiger partial charge in [-0.25, -0.2) is 4.39 Å². The lowest BCUT2D eigenvalue weighted by Crippen LogP contribution is -2.15. The number of alkyl halides is 5. The van der Waals surface area contributed by atoms with Crippen LogP contribution >= 0.6 is 27.5 Å². The first-order valence-electron chi connectivity index (χ1n) is 1.29. The zero-order valence-corrected chi connectivity index (χ0v) is 5.31. The Morgan fingerprint density at radius 1 is 1.57 bits per heavy atom. The van der Waals surface area contributed by atoms with E-state index in [1.165, 1.54) is 0 Å². The molecule has 1 unspecified atom stereocenters. The van der Waals surface area contributed by atoms with E-state index in [9.17, 15) is 13.2 Å². The topological polar surface area (TPSA) is 0 Å². The summed E-state index contributed by atoms with van der Waals surface area (Å²) in [6.45, 7) is 0. The van der Waals surface area contributed by atoms with Gasteiger partial charge in [-0.1, -0.05) is 11.6 Å². The molecule has 0 aromatic heterocycles. The highest BCUT2D eigenvalue weighted by Crippen LogP contribution is 2.30. The monoisotopic (exact) mass is 196 g/mol. The van der Waals surface area contributed by atoms with Gasteiger partial charge in [-0.05, 0) is 15.9 Å². The van der Waals surface area contributed by atoms with Crippen LogP contribution < -0.4 is 0 Å². The minimum absolute atomic E-state index is 1.70. The van der Waals surface area contributed by atoms with Crippen molar-refractivity contribution in [3.8, 4) is 0 Å². The second-order valence-corrected chi connectivity index (χ2v) is 2.28. The van der Waals surface area contributed by atoms with E-state index in [1.54, 1.807) is 15.9 Å². The zero-order chi connectivity index (χ0) is 6.08. The molecule has 0 aliphatic carbocycles. The summed E-state index contributed by atoms with van der Waals surface area (Å²) in [5.74, 6) is 0. The number of hydrogen-bond acceptors (Lipinski definition) is 0. The van der Waals surface area contributed by atoms with Gasteiger partial charge < -0.3 is 0 Å². The highest BCUT2D eigenvalue weighted by atomic mass is 79.9. The molecule has 5 heteroatoms. The van der Waals surface area contributed by atoms with Gasteiger partial charge in [-0.3, -0.25) is 0 Å². The lowest BCUT2D eigenvalue weighted by atomic mass is 10.8. The minimum atomic E-state index is -3.59. The predicted octanol–water partition coefficient (Wildman–Crippen LogP) is 2.51. The van der Waals surface area contributed by atoms with Crippen LogP contribution in [0.4, 0.5) is 13.2 Å².